The number of fused-ring (bicyclic) bond motifs is 5. The minimum atomic E-state index is 0.399. The monoisotopic (exact) mass is 298 g/mol. The van der Waals surface area contributed by atoms with Gasteiger partial charge in [-0.15, -0.1) is 0 Å². The number of hydrogen-bond acceptors (Lipinski definition) is 0. The van der Waals surface area contributed by atoms with Crippen molar-refractivity contribution in [3.8, 4) is 0 Å². The molecule has 3 saturated carbocycles. The van der Waals surface area contributed by atoms with Gasteiger partial charge in [0.15, 0.2) is 0 Å². The quantitative estimate of drug-likeness (QED) is 0.492. The Morgan fingerprint density at radius 3 is 2.77 bits per heavy atom. The van der Waals surface area contributed by atoms with Gasteiger partial charge < -0.3 is 0 Å². The molecule has 0 spiro atoms. The first-order chi connectivity index (χ1) is 10.5. The van der Waals surface area contributed by atoms with Crippen molar-refractivity contribution in [1.82, 2.24) is 0 Å². The molecule has 0 N–H and O–H groups in total. The molecule has 0 saturated heterocycles. The van der Waals surface area contributed by atoms with Crippen molar-refractivity contribution < 1.29 is 0 Å². The number of hydrogen-bond donors (Lipinski definition) is 0. The highest BCUT2D eigenvalue weighted by Gasteiger charge is 2.59. The van der Waals surface area contributed by atoms with Gasteiger partial charge in [0.1, 0.15) is 0 Å². The topological polar surface area (TPSA) is 0 Å². The summed E-state index contributed by atoms with van der Waals surface area (Å²) in [4.78, 5) is 0. The van der Waals surface area contributed by atoms with Crippen LogP contribution in [0.2, 0.25) is 0 Å². The van der Waals surface area contributed by atoms with Crippen LogP contribution in [0.25, 0.3) is 0 Å². The molecule has 0 heteroatoms. The second kappa shape index (κ2) is 4.99. The van der Waals surface area contributed by atoms with E-state index in [1.807, 2.05) is 0 Å². The summed E-state index contributed by atoms with van der Waals surface area (Å²) >= 11 is 0. The van der Waals surface area contributed by atoms with Crippen LogP contribution in [0, 0.1) is 40.4 Å². The van der Waals surface area contributed by atoms with E-state index in [0.29, 0.717) is 10.8 Å². The standard InChI is InChI=1S/C22H34/c1-5-18-15(2)14-20-17-10-9-16-8-6-7-12-21(16,3)19(17)11-13-22(18,20)4/h7-8,12,15,17-20H,5-6,9-11,13-14H2,1-4H3/t15-,17-,18-,19+,20+,21+,22-/m1/s1. The van der Waals surface area contributed by atoms with Gasteiger partial charge in [0.2, 0.25) is 0 Å². The van der Waals surface area contributed by atoms with Gasteiger partial charge in [-0.1, -0.05) is 57.9 Å². The smallest absolute Gasteiger partial charge is 0.00936 e. The van der Waals surface area contributed by atoms with Crippen LogP contribution in [0.3, 0.4) is 0 Å². The molecule has 4 aliphatic rings. The normalized spacial score (nSPS) is 53.5. The zero-order valence-electron chi connectivity index (χ0n) is 15.1. The maximum atomic E-state index is 2.66. The van der Waals surface area contributed by atoms with Crippen LogP contribution < -0.4 is 0 Å². The largest absolute Gasteiger partial charge is 0.0839 e. The molecular weight excluding hydrogens is 264 g/mol. The molecule has 22 heavy (non-hydrogen) atoms. The van der Waals surface area contributed by atoms with Crippen LogP contribution in [0.1, 0.15) is 72.6 Å². The summed E-state index contributed by atoms with van der Waals surface area (Å²) in [5.41, 5.74) is 2.82. The predicted octanol–water partition coefficient (Wildman–Crippen LogP) is 6.39. The lowest BCUT2D eigenvalue weighted by Gasteiger charge is -2.57. The number of rotatable bonds is 1. The van der Waals surface area contributed by atoms with Crippen molar-refractivity contribution in [1.29, 1.82) is 0 Å². The molecule has 0 aliphatic heterocycles. The molecule has 122 valence electrons. The Morgan fingerprint density at radius 2 is 2.00 bits per heavy atom. The van der Waals surface area contributed by atoms with Gasteiger partial charge in [0.05, 0.1) is 0 Å². The zero-order valence-corrected chi connectivity index (χ0v) is 15.1. The molecule has 0 aromatic carbocycles. The summed E-state index contributed by atoms with van der Waals surface area (Å²) in [7, 11) is 0. The van der Waals surface area contributed by atoms with Crippen LogP contribution in [-0.2, 0) is 0 Å². The molecule has 0 bridgehead atoms. The van der Waals surface area contributed by atoms with E-state index in [1.54, 1.807) is 5.57 Å². The maximum Gasteiger partial charge on any atom is 0.00936 e. The first kappa shape index (κ1) is 15.0. The predicted molar refractivity (Wildman–Crippen MR) is 94.6 cm³/mol. The van der Waals surface area contributed by atoms with Gasteiger partial charge in [-0.05, 0) is 73.5 Å². The van der Waals surface area contributed by atoms with E-state index in [0.717, 1.165) is 29.6 Å². The second-order valence-electron chi connectivity index (χ2n) is 9.34. The average molecular weight is 299 g/mol. The molecule has 7 atom stereocenters. The fraction of sp³-hybridized carbons (Fsp3) is 0.818. The van der Waals surface area contributed by atoms with Crippen LogP contribution in [0.5, 0.6) is 0 Å². The minimum Gasteiger partial charge on any atom is -0.0839 e. The van der Waals surface area contributed by atoms with E-state index in [9.17, 15) is 0 Å². The van der Waals surface area contributed by atoms with E-state index in [4.69, 9.17) is 0 Å². The molecule has 3 fully saturated rings. The van der Waals surface area contributed by atoms with E-state index in [2.05, 4.69) is 45.9 Å². The molecule has 0 aromatic rings. The van der Waals surface area contributed by atoms with E-state index in [-0.39, 0.29) is 0 Å². The van der Waals surface area contributed by atoms with Crippen molar-refractivity contribution in [3.63, 3.8) is 0 Å². The van der Waals surface area contributed by atoms with Crippen molar-refractivity contribution in [3.05, 3.63) is 23.8 Å². The van der Waals surface area contributed by atoms with E-state index >= 15 is 0 Å². The lowest BCUT2D eigenvalue weighted by molar-refractivity contribution is -0.0350. The lowest BCUT2D eigenvalue weighted by Crippen LogP contribution is -2.49. The second-order valence-corrected chi connectivity index (χ2v) is 9.34. The Kier molecular flexibility index (Phi) is 3.41. The molecule has 0 radical (unpaired) electrons. The summed E-state index contributed by atoms with van der Waals surface area (Å²) in [6.45, 7) is 10.2. The maximum absolute atomic E-state index is 2.66. The molecule has 4 rings (SSSR count). The summed E-state index contributed by atoms with van der Waals surface area (Å²) in [6, 6.07) is 0. The third-order valence-corrected chi connectivity index (χ3v) is 8.65. The summed E-state index contributed by atoms with van der Waals surface area (Å²) < 4.78 is 0. The van der Waals surface area contributed by atoms with E-state index in [1.165, 1.54) is 44.9 Å². The van der Waals surface area contributed by atoms with Gasteiger partial charge in [0.25, 0.3) is 0 Å². The summed E-state index contributed by atoms with van der Waals surface area (Å²) in [5.74, 6) is 4.84. The van der Waals surface area contributed by atoms with Gasteiger partial charge in [-0.3, -0.25) is 0 Å². The van der Waals surface area contributed by atoms with Crippen LogP contribution in [0.4, 0.5) is 0 Å². The first-order valence-corrected chi connectivity index (χ1v) is 9.88. The highest BCUT2D eigenvalue weighted by molar-refractivity contribution is 5.31. The highest BCUT2D eigenvalue weighted by atomic mass is 14.6. The van der Waals surface area contributed by atoms with Crippen molar-refractivity contribution in [2.24, 2.45) is 40.4 Å². The summed E-state index contributed by atoms with van der Waals surface area (Å²) in [5, 5.41) is 0. The Labute approximate surface area is 137 Å². The van der Waals surface area contributed by atoms with Crippen LogP contribution in [0.15, 0.2) is 23.8 Å². The van der Waals surface area contributed by atoms with Crippen LogP contribution >= 0.6 is 0 Å². The molecule has 0 amide bonds. The third kappa shape index (κ3) is 1.82. The Hall–Kier alpha value is -0.520. The Bertz CT molecular complexity index is 512. The zero-order chi connectivity index (χ0) is 15.5. The lowest BCUT2D eigenvalue weighted by atomic mass is 9.47. The molecule has 0 heterocycles. The van der Waals surface area contributed by atoms with Gasteiger partial charge in [0, 0.05) is 5.41 Å². The Morgan fingerprint density at radius 1 is 1.18 bits per heavy atom. The molecule has 0 unspecified atom stereocenters. The van der Waals surface area contributed by atoms with Gasteiger partial charge in [-0.25, -0.2) is 0 Å². The fourth-order valence-electron chi connectivity index (χ4n) is 7.68. The van der Waals surface area contributed by atoms with Gasteiger partial charge >= 0.3 is 0 Å². The van der Waals surface area contributed by atoms with Crippen LogP contribution in [-0.4, -0.2) is 0 Å². The number of allylic oxidation sites excluding steroid dienone is 4. The highest BCUT2D eigenvalue weighted by Crippen LogP contribution is 2.67. The SMILES string of the molecule is CC[C@@H]1[C@H](C)C[C@H]2[C@@H]3CCC4=CCC=C[C@]4(C)[C@H]3CC[C@]12C. The third-order valence-electron chi connectivity index (χ3n) is 8.65. The average Bonchev–Trinajstić information content (AvgIpc) is 2.76. The van der Waals surface area contributed by atoms with Gasteiger partial charge in [-0.2, -0.15) is 0 Å². The fourth-order valence-corrected chi connectivity index (χ4v) is 7.68. The van der Waals surface area contributed by atoms with E-state index < -0.39 is 0 Å². The molecule has 0 aromatic heterocycles. The molecule has 4 aliphatic carbocycles. The first-order valence-electron chi connectivity index (χ1n) is 9.88. The summed E-state index contributed by atoms with van der Waals surface area (Å²) in [6.07, 6.45) is 17.5. The molecule has 0 nitrogen and oxygen atoms in total. The van der Waals surface area contributed by atoms with Crippen molar-refractivity contribution in [2.45, 2.75) is 72.6 Å². The van der Waals surface area contributed by atoms with Crippen molar-refractivity contribution in [2.75, 3.05) is 0 Å². The van der Waals surface area contributed by atoms with Crippen molar-refractivity contribution >= 4 is 0 Å². The molecular formula is C22H34. The Balaban J connectivity index is 1.69. The minimum absolute atomic E-state index is 0.399.